The van der Waals surface area contributed by atoms with E-state index in [1.165, 1.54) is 35.7 Å². The molecule has 1 aliphatic rings. The van der Waals surface area contributed by atoms with Crippen LogP contribution in [0.3, 0.4) is 0 Å². The van der Waals surface area contributed by atoms with Gasteiger partial charge in [-0.2, -0.15) is 4.31 Å². The first kappa shape index (κ1) is 26.3. The van der Waals surface area contributed by atoms with Crippen molar-refractivity contribution >= 4 is 26.8 Å². The number of pyridine rings is 1. The Hall–Kier alpha value is -2.27. The molecule has 10 heteroatoms. The number of aryl methyl sites for hydroxylation is 1. The summed E-state index contributed by atoms with van der Waals surface area (Å²) < 4.78 is 40.4. The van der Waals surface area contributed by atoms with Crippen LogP contribution in [0.2, 0.25) is 0 Å². The molecule has 0 bridgehead atoms. The lowest BCUT2D eigenvalue weighted by molar-refractivity contribution is -0.110. The molecule has 0 unspecified atom stereocenters. The summed E-state index contributed by atoms with van der Waals surface area (Å²) in [7, 11) is 0.733. The molecule has 0 spiro atoms. The molecule has 2 aromatic rings. The van der Waals surface area contributed by atoms with Crippen molar-refractivity contribution in [3.63, 3.8) is 0 Å². The maximum atomic E-state index is 13.4. The van der Waals surface area contributed by atoms with Crippen LogP contribution in [0, 0.1) is 11.8 Å². The number of carbonyl (C=O) groups excluding carboxylic acids is 1. The molecule has 0 radical (unpaired) electrons. The molecule has 1 fully saturated rings. The Kier molecular flexibility index (Phi) is 8.18. The smallest absolute Gasteiger partial charge is 0.259 e. The number of carbonyl (C=O) groups is 1. The molecule has 1 aliphatic heterocycles. The Morgan fingerprint density at radius 3 is 2.35 bits per heavy atom. The van der Waals surface area contributed by atoms with Crippen LogP contribution in [0.5, 0.6) is 0 Å². The molecule has 2 heterocycles. The summed E-state index contributed by atoms with van der Waals surface area (Å²) in [5, 5.41) is 0.204. The normalized spacial score (nSPS) is 19.6. The summed E-state index contributed by atoms with van der Waals surface area (Å²) in [4.78, 5) is 27.9. The molecule has 1 amide bonds. The largest absolute Gasteiger partial charge is 0.354 e. The Bertz CT molecular complexity index is 1200. The number of fused-ring (bicyclic) bond motifs is 1. The van der Waals surface area contributed by atoms with Gasteiger partial charge in [-0.25, -0.2) is 8.42 Å². The van der Waals surface area contributed by atoms with Crippen LogP contribution in [-0.4, -0.2) is 75.3 Å². The highest BCUT2D eigenvalue weighted by molar-refractivity contribution is 7.89. The van der Waals surface area contributed by atoms with Gasteiger partial charge >= 0.3 is 0 Å². The van der Waals surface area contributed by atoms with Gasteiger partial charge in [0.05, 0.1) is 17.0 Å². The summed E-state index contributed by atoms with van der Waals surface area (Å²) in [5.41, 5.74) is 0.0515. The number of sulfonamides is 1. The number of likely N-dealkylation sites (N-methyl/N-ethyl adjacent to an activating group) is 1. The number of rotatable bonds is 8. The lowest BCUT2D eigenvalue weighted by atomic mass is 9.94. The fraction of sp³-hybridized carbons (Fsp3) is 0.583. The van der Waals surface area contributed by atoms with Crippen molar-refractivity contribution < 1.29 is 22.7 Å². The first-order valence-electron chi connectivity index (χ1n) is 11.5. The summed E-state index contributed by atoms with van der Waals surface area (Å²) in [6.07, 6.45) is 1.88. The van der Waals surface area contributed by atoms with Crippen LogP contribution in [0.15, 0.2) is 34.1 Å². The van der Waals surface area contributed by atoms with Crippen molar-refractivity contribution in [1.82, 2.24) is 13.8 Å². The van der Waals surface area contributed by atoms with Crippen LogP contribution >= 0.6 is 0 Å². The van der Waals surface area contributed by atoms with Crippen molar-refractivity contribution in [3.05, 3.63) is 40.2 Å². The van der Waals surface area contributed by atoms with Crippen molar-refractivity contribution in [2.45, 2.75) is 44.9 Å². The fourth-order valence-corrected chi connectivity index (χ4v) is 6.37. The molecule has 3 rings (SSSR count). The second kappa shape index (κ2) is 10.6. The van der Waals surface area contributed by atoms with E-state index in [2.05, 4.69) is 0 Å². The number of piperidine rings is 1. The second-order valence-electron chi connectivity index (χ2n) is 9.19. The Balaban J connectivity index is 2.07. The third kappa shape index (κ3) is 5.19. The van der Waals surface area contributed by atoms with E-state index in [1.54, 1.807) is 23.7 Å². The molecular formula is C24H35N3O6S. The van der Waals surface area contributed by atoms with Gasteiger partial charge in [0.15, 0.2) is 6.29 Å². The maximum Gasteiger partial charge on any atom is 0.259 e. The van der Waals surface area contributed by atoms with E-state index in [9.17, 15) is 18.0 Å². The van der Waals surface area contributed by atoms with Crippen LogP contribution in [0.1, 0.15) is 37.6 Å². The van der Waals surface area contributed by atoms with Gasteiger partial charge in [0, 0.05) is 52.5 Å². The average molecular weight is 494 g/mol. The molecule has 1 aromatic heterocycles. The molecule has 0 saturated carbocycles. The van der Waals surface area contributed by atoms with E-state index in [0.29, 0.717) is 25.2 Å². The molecule has 2 atom stereocenters. The summed E-state index contributed by atoms with van der Waals surface area (Å²) >= 11 is 0. The first-order valence-corrected chi connectivity index (χ1v) is 13.0. The zero-order chi connectivity index (χ0) is 25.2. The number of amides is 1. The van der Waals surface area contributed by atoms with Gasteiger partial charge in [-0.1, -0.05) is 13.8 Å². The highest BCUT2D eigenvalue weighted by Gasteiger charge is 2.32. The van der Waals surface area contributed by atoms with Crippen LogP contribution in [0.4, 0.5) is 0 Å². The molecule has 188 valence electrons. The number of benzene rings is 1. The first-order chi connectivity index (χ1) is 16.0. The number of methoxy groups -OCH3 is 2. The zero-order valence-corrected chi connectivity index (χ0v) is 21.6. The van der Waals surface area contributed by atoms with Gasteiger partial charge in [0.2, 0.25) is 15.5 Å². The predicted molar refractivity (Wildman–Crippen MR) is 130 cm³/mol. The molecule has 9 nitrogen and oxygen atoms in total. The molecular weight excluding hydrogens is 458 g/mol. The van der Waals surface area contributed by atoms with Gasteiger partial charge in [-0.05, 0) is 43.4 Å². The fourth-order valence-electron chi connectivity index (χ4n) is 4.66. The highest BCUT2D eigenvalue weighted by atomic mass is 32.2. The molecule has 0 N–H and O–H groups in total. The summed E-state index contributed by atoms with van der Waals surface area (Å²) in [6.45, 7) is 7.53. The number of ether oxygens (including phenoxy) is 2. The Morgan fingerprint density at radius 1 is 1.18 bits per heavy atom. The quantitative estimate of drug-likeness (QED) is 0.524. The highest BCUT2D eigenvalue weighted by Crippen LogP contribution is 2.28. The van der Waals surface area contributed by atoms with Crippen LogP contribution < -0.4 is 5.43 Å². The Labute approximate surface area is 201 Å². The van der Waals surface area contributed by atoms with E-state index >= 15 is 0 Å². The van der Waals surface area contributed by atoms with E-state index in [0.717, 1.165) is 6.42 Å². The van der Waals surface area contributed by atoms with Crippen LogP contribution in [0.25, 0.3) is 10.9 Å². The minimum atomic E-state index is -3.77. The molecule has 34 heavy (non-hydrogen) atoms. The predicted octanol–water partition coefficient (Wildman–Crippen LogP) is 2.38. The van der Waals surface area contributed by atoms with Gasteiger partial charge < -0.3 is 18.9 Å². The van der Waals surface area contributed by atoms with Crippen LogP contribution in [-0.2, 0) is 26.0 Å². The summed E-state index contributed by atoms with van der Waals surface area (Å²) in [5.74, 6) is 0.0401. The van der Waals surface area contributed by atoms with Gasteiger partial charge in [0.25, 0.3) is 5.91 Å². The average Bonchev–Trinajstić information content (AvgIpc) is 2.81. The third-order valence-corrected chi connectivity index (χ3v) is 8.22. The third-order valence-electron chi connectivity index (χ3n) is 6.39. The lowest BCUT2D eigenvalue weighted by Crippen LogP contribution is -2.42. The van der Waals surface area contributed by atoms with Gasteiger partial charge in [-0.3, -0.25) is 9.59 Å². The standard InChI is InChI=1S/C24H35N3O6S/c1-7-26-14-20(24(29)25(4)15-22(32-5)33-6)23(28)19-11-18(8-9-21(19)26)34(30,31)27-12-16(2)10-17(3)13-27/h8-9,11,14,16-17,22H,7,10,12-13,15H2,1-6H3/t16-,17+. The van der Waals surface area contributed by atoms with Crippen molar-refractivity contribution in [1.29, 1.82) is 0 Å². The van der Waals surface area contributed by atoms with Crippen molar-refractivity contribution in [2.24, 2.45) is 11.8 Å². The monoisotopic (exact) mass is 493 g/mol. The number of aromatic nitrogens is 1. The number of hydrogen-bond donors (Lipinski definition) is 0. The maximum absolute atomic E-state index is 13.4. The van der Waals surface area contributed by atoms with E-state index in [4.69, 9.17) is 9.47 Å². The minimum absolute atomic E-state index is 0.0300. The van der Waals surface area contributed by atoms with E-state index in [-0.39, 0.29) is 34.2 Å². The van der Waals surface area contributed by atoms with Gasteiger partial charge in [-0.15, -0.1) is 0 Å². The summed E-state index contributed by atoms with van der Waals surface area (Å²) in [6, 6.07) is 4.60. The van der Waals surface area contributed by atoms with E-state index in [1.807, 2.05) is 20.8 Å². The van der Waals surface area contributed by atoms with Gasteiger partial charge in [0.1, 0.15) is 5.56 Å². The lowest BCUT2D eigenvalue weighted by Gasteiger charge is -2.34. The molecule has 1 saturated heterocycles. The number of hydrogen-bond acceptors (Lipinski definition) is 6. The molecule has 0 aliphatic carbocycles. The topological polar surface area (TPSA) is 98.1 Å². The SMILES string of the molecule is CCn1cc(C(=O)N(C)CC(OC)OC)c(=O)c2cc(S(=O)(=O)N3C[C@H](C)C[C@H](C)C3)ccc21. The minimum Gasteiger partial charge on any atom is -0.354 e. The van der Waals surface area contributed by atoms with E-state index < -0.39 is 27.6 Å². The Morgan fingerprint density at radius 2 is 1.79 bits per heavy atom. The second-order valence-corrected chi connectivity index (χ2v) is 11.1. The zero-order valence-electron chi connectivity index (χ0n) is 20.8. The van der Waals surface area contributed by atoms with Crippen molar-refractivity contribution in [2.75, 3.05) is 40.9 Å². The molecule has 1 aromatic carbocycles. The number of nitrogens with zero attached hydrogens (tertiary/aromatic N) is 3. The van der Waals surface area contributed by atoms with Crippen molar-refractivity contribution in [3.8, 4) is 0 Å².